The van der Waals surface area contributed by atoms with Crippen LogP contribution < -0.4 is 5.32 Å². The van der Waals surface area contributed by atoms with Crippen molar-refractivity contribution in [2.75, 3.05) is 5.32 Å². The van der Waals surface area contributed by atoms with Gasteiger partial charge in [-0.2, -0.15) is 4.98 Å². The van der Waals surface area contributed by atoms with E-state index in [2.05, 4.69) is 15.5 Å². The Morgan fingerprint density at radius 1 is 1.44 bits per heavy atom. The second-order valence-electron chi connectivity index (χ2n) is 3.58. The summed E-state index contributed by atoms with van der Waals surface area (Å²) in [4.78, 5) is 15.4. The molecule has 2 rings (SSSR count). The number of carbonyl (C=O) groups is 1. The lowest BCUT2D eigenvalue weighted by atomic mass is 10.3. The number of carbonyl (C=O) groups excluding carboxylic acids is 1. The van der Waals surface area contributed by atoms with Gasteiger partial charge < -0.3 is 9.84 Å². The summed E-state index contributed by atoms with van der Waals surface area (Å²) in [6, 6.07) is 2.88. The van der Waals surface area contributed by atoms with Gasteiger partial charge in [0.25, 0.3) is 0 Å². The van der Waals surface area contributed by atoms with E-state index in [0.29, 0.717) is 11.9 Å². The van der Waals surface area contributed by atoms with Crippen LogP contribution in [0.2, 0.25) is 0 Å². The summed E-state index contributed by atoms with van der Waals surface area (Å²) in [5.74, 6) is -1.54. The van der Waals surface area contributed by atoms with Crippen LogP contribution in [0, 0.1) is 18.6 Å². The van der Waals surface area contributed by atoms with Crippen molar-refractivity contribution in [2.45, 2.75) is 13.3 Å². The van der Waals surface area contributed by atoms with Crippen LogP contribution in [0.1, 0.15) is 11.7 Å². The van der Waals surface area contributed by atoms with Crippen LogP contribution >= 0.6 is 0 Å². The number of hydrogen-bond acceptors (Lipinski definition) is 4. The summed E-state index contributed by atoms with van der Waals surface area (Å²) in [5.41, 5.74) is -0.0994. The van der Waals surface area contributed by atoms with E-state index in [-0.39, 0.29) is 18.0 Å². The number of aromatic nitrogens is 2. The molecule has 94 valence electrons. The molecular formula is C11H9F2N3O2. The fraction of sp³-hybridized carbons (Fsp3) is 0.182. The highest BCUT2D eigenvalue weighted by atomic mass is 19.1. The largest absolute Gasteiger partial charge is 0.339 e. The zero-order chi connectivity index (χ0) is 13.1. The first-order chi connectivity index (χ1) is 8.54. The fourth-order valence-corrected chi connectivity index (χ4v) is 1.33. The smallest absolute Gasteiger partial charge is 0.236 e. The first kappa shape index (κ1) is 12.2. The zero-order valence-corrected chi connectivity index (χ0v) is 9.41. The maximum Gasteiger partial charge on any atom is 0.236 e. The van der Waals surface area contributed by atoms with Crippen LogP contribution in [0.3, 0.4) is 0 Å². The summed E-state index contributed by atoms with van der Waals surface area (Å²) in [7, 11) is 0. The van der Waals surface area contributed by atoms with Gasteiger partial charge in [0, 0.05) is 6.07 Å². The average Bonchev–Trinajstić information content (AvgIpc) is 2.68. The van der Waals surface area contributed by atoms with E-state index in [9.17, 15) is 13.6 Å². The van der Waals surface area contributed by atoms with Gasteiger partial charge in [0.15, 0.2) is 5.82 Å². The van der Waals surface area contributed by atoms with Crippen molar-refractivity contribution in [1.82, 2.24) is 10.1 Å². The molecule has 0 unspecified atom stereocenters. The van der Waals surface area contributed by atoms with Crippen molar-refractivity contribution >= 4 is 11.6 Å². The minimum Gasteiger partial charge on any atom is -0.339 e. The molecule has 2 aromatic rings. The van der Waals surface area contributed by atoms with E-state index in [1.165, 1.54) is 0 Å². The van der Waals surface area contributed by atoms with Crippen LogP contribution in [0.25, 0.3) is 0 Å². The van der Waals surface area contributed by atoms with Gasteiger partial charge in [-0.1, -0.05) is 5.16 Å². The number of amides is 1. The molecule has 0 radical (unpaired) electrons. The highest BCUT2D eigenvalue weighted by Crippen LogP contribution is 2.15. The molecule has 0 aliphatic rings. The maximum atomic E-state index is 13.2. The van der Waals surface area contributed by atoms with Crippen molar-refractivity contribution in [3.8, 4) is 0 Å². The van der Waals surface area contributed by atoms with E-state index in [1.54, 1.807) is 6.92 Å². The predicted molar refractivity (Wildman–Crippen MR) is 57.7 cm³/mol. The van der Waals surface area contributed by atoms with Gasteiger partial charge in [-0.25, -0.2) is 8.78 Å². The van der Waals surface area contributed by atoms with Crippen LogP contribution in [-0.2, 0) is 11.2 Å². The molecule has 0 fully saturated rings. The minimum atomic E-state index is -0.843. The number of nitrogens with zero attached hydrogens (tertiary/aromatic N) is 2. The van der Waals surface area contributed by atoms with Crippen molar-refractivity contribution < 1.29 is 18.1 Å². The van der Waals surface area contributed by atoms with Crippen molar-refractivity contribution in [2.24, 2.45) is 0 Å². The first-order valence-electron chi connectivity index (χ1n) is 5.08. The third-order valence-corrected chi connectivity index (χ3v) is 2.09. The Kier molecular flexibility index (Phi) is 3.31. The van der Waals surface area contributed by atoms with Gasteiger partial charge >= 0.3 is 0 Å². The molecule has 1 N–H and O–H groups in total. The summed E-state index contributed by atoms with van der Waals surface area (Å²) in [5, 5.41) is 5.80. The molecule has 5 nitrogen and oxygen atoms in total. The lowest BCUT2D eigenvalue weighted by molar-refractivity contribution is -0.115. The molecule has 1 aromatic carbocycles. The third kappa shape index (κ3) is 2.88. The Hall–Kier alpha value is -2.31. The standard InChI is InChI=1S/C11H9F2N3O2/c1-6-14-11(18-16-6)5-10(17)15-9-3-2-7(12)4-8(9)13/h2-4H,5H2,1H3,(H,15,17). The number of nitrogens with one attached hydrogen (secondary N) is 1. The van der Waals surface area contributed by atoms with Crippen LogP contribution in [0.4, 0.5) is 14.5 Å². The van der Waals surface area contributed by atoms with Crippen molar-refractivity contribution in [1.29, 1.82) is 0 Å². The molecule has 0 atom stereocenters. The Labute approximate surface area is 101 Å². The van der Waals surface area contributed by atoms with E-state index >= 15 is 0 Å². The maximum absolute atomic E-state index is 13.2. The lowest BCUT2D eigenvalue weighted by Gasteiger charge is -2.04. The molecule has 7 heteroatoms. The van der Waals surface area contributed by atoms with E-state index in [0.717, 1.165) is 12.1 Å². The SMILES string of the molecule is Cc1noc(CC(=O)Nc2ccc(F)cc2F)n1. The van der Waals surface area contributed by atoms with Gasteiger partial charge in [0.1, 0.15) is 18.1 Å². The zero-order valence-electron chi connectivity index (χ0n) is 9.41. The third-order valence-electron chi connectivity index (χ3n) is 2.09. The van der Waals surface area contributed by atoms with Crippen LogP contribution in [0.15, 0.2) is 22.7 Å². The summed E-state index contributed by atoms with van der Waals surface area (Å²) in [6.45, 7) is 1.62. The number of hydrogen-bond donors (Lipinski definition) is 1. The monoisotopic (exact) mass is 253 g/mol. The fourth-order valence-electron chi connectivity index (χ4n) is 1.33. The molecule has 0 aliphatic heterocycles. The van der Waals surface area contributed by atoms with Gasteiger partial charge in [-0.3, -0.25) is 4.79 Å². The van der Waals surface area contributed by atoms with Crippen molar-refractivity contribution in [3.63, 3.8) is 0 Å². The summed E-state index contributed by atoms with van der Waals surface area (Å²) in [6.07, 6.45) is -0.169. The van der Waals surface area contributed by atoms with Crippen LogP contribution in [0.5, 0.6) is 0 Å². The van der Waals surface area contributed by atoms with Gasteiger partial charge in [-0.15, -0.1) is 0 Å². The number of benzene rings is 1. The predicted octanol–water partition coefficient (Wildman–Crippen LogP) is 1.84. The molecule has 0 saturated heterocycles. The second kappa shape index (κ2) is 4.91. The summed E-state index contributed by atoms with van der Waals surface area (Å²) < 4.78 is 30.6. The van der Waals surface area contributed by atoms with Crippen LogP contribution in [-0.4, -0.2) is 16.0 Å². The molecule has 0 spiro atoms. The number of aryl methyl sites for hydroxylation is 1. The quantitative estimate of drug-likeness (QED) is 0.906. The highest BCUT2D eigenvalue weighted by molar-refractivity contribution is 5.91. The second-order valence-corrected chi connectivity index (χ2v) is 3.58. The van der Waals surface area contributed by atoms with Gasteiger partial charge in [-0.05, 0) is 19.1 Å². The Bertz CT molecular complexity index is 583. The number of halogens is 2. The summed E-state index contributed by atoms with van der Waals surface area (Å²) >= 11 is 0. The van der Waals surface area contributed by atoms with Gasteiger partial charge in [0.2, 0.25) is 11.8 Å². The Morgan fingerprint density at radius 2 is 2.22 bits per heavy atom. The molecule has 0 aliphatic carbocycles. The molecule has 1 aromatic heterocycles. The normalized spacial score (nSPS) is 10.4. The Balaban J connectivity index is 2.03. The highest BCUT2D eigenvalue weighted by Gasteiger charge is 2.12. The number of anilines is 1. The average molecular weight is 253 g/mol. The molecule has 18 heavy (non-hydrogen) atoms. The molecular weight excluding hydrogens is 244 g/mol. The molecule has 1 heterocycles. The Morgan fingerprint density at radius 3 is 2.83 bits per heavy atom. The first-order valence-corrected chi connectivity index (χ1v) is 5.08. The van der Waals surface area contributed by atoms with Gasteiger partial charge in [0.05, 0.1) is 5.69 Å². The van der Waals surface area contributed by atoms with E-state index < -0.39 is 17.5 Å². The molecule has 1 amide bonds. The van der Waals surface area contributed by atoms with E-state index in [1.807, 2.05) is 0 Å². The number of rotatable bonds is 3. The lowest BCUT2D eigenvalue weighted by Crippen LogP contribution is -2.15. The topological polar surface area (TPSA) is 68.0 Å². The minimum absolute atomic E-state index is 0.0994. The molecule has 0 saturated carbocycles. The molecule has 0 bridgehead atoms. The van der Waals surface area contributed by atoms with Crippen molar-refractivity contribution in [3.05, 3.63) is 41.5 Å². The van der Waals surface area contributed by atoms with E-state index in [4.69, 9.17) is 4.52 Å².